The molecule has 3 aromatic rings. The highest BCUT2D eigenvalue weighted by atomic mass is 32.2. The summed E-state index contributed by atoms with van der Waals surface area (Å²) >= 11 is 2.63. The molecule has 2 aromatic heterocycles. The second-order valence-corrected chi connectivity index (χ2v) is 8.55. The van der Waals surface area contributed by atoms with Crippen LogP contribution in [-0.4, -0.2) is 51.5 Å². The van der Waals surface area contributed by atoms with Crippen molar-refractivity contribution >= 4 is 46.1 Å². The molecule has 33 heavy (non-hydrogen) atoms. The van der Waals surface area contributed by atoms with Crippen LogP contribution in [0.25, 0.3) is 6.08 Å². The Morgan fingerprint density at radius 2 is 2.00 bits per heavy atom. The van der Waals surface area contributed by atoms with E-state index in [0.717, 1.165) is 11.3 Å². The Morgan fingerprint density at radius 1 is 1.21 bits per heavy atom. The van der Waals surface area contributed by atoms with Crippen LogP contribution in [0, 0.1) is 6.92 Å². The maximum atomic E-state index is 12.2. The molecule has 2 heterocycles. The monoisotopic (exact) mass is 488 g/mol. The van der Waals surface area contributed by atoms with Crippen LogP contribution in [-0.2, 0) is 23.2 Å². The van der Waals surface area contributed by atoms with E-state index in [1.54, 1.807) is 44.0 Å². The minimum absolute atomic E-state index is 0.172. The maximum absolute atomic E-state index is 12.2. The van der Waals surface area contributed by atoms with Crippen LogP contribution in [0.1, 0.15) is 17.1 Å². The lowest BCUT2D eigenvalue weighted by atomic mass is 10.2. The number of methoxy groups -OCH3 is 2. The standard InChI is InChI=1S/C21H24N6O4S2/c1-13-11-32-20(23-13)24-19(29)12-33-21-26-25-17(27(21)2)10-22-18(28)8-6-14-5-7-15(30-3)16(9-14)31-4/h5-9,11H,10,12H2,1-4H3,(H,22,28)(H,23,24,29)/b8-6+. The number of carbonyl (C=O) groups excluding carboxylic acids is 2. The van der Waals surface area contributed by atoms with Gasteiger partial charge in [0.05, 0.1) is 32.2 Å². The number of nitrogens with one attached hydrogen (secondary N) is 2. The summed E-state index contributed by atoms with van der Waals surface area (Å²) in [6.07, 6.45) is 3.11. The Hall–Kier alpha value is -3.38. The smallest absolute Gasteiger partial charge is 0.244 e. The number of hydrogen-bond donors (Lipinski definition) is 2. The Morgan fingerprint density at radius 3 is 2.70 bits per heavy atom. The first-order valence-electron chi connectivity index (χ1n) is 9.80. The van der Waals surface area contributed by atoms with Gasteiger partial charge < -0.3 is 24.7 Å². The summed E-state index contributed by atoms with van der Waals surface area (Å²) in [5.74, 6) is 1.49. The third-order valence-corrected chi connectivity index (χ3v) is 6.27. The van der Waals surface area contributed by atoms with E-state index in [1.165, 1.54) is 29.2 Å². The lowest BCUT2D eigenvalue weighted by Gasteiger charge is -2.07. The molecule has 0 saturated carbocycles. The number of rotatable bonds is 10. The predicted molar refractivity (Wildman–Crippen MR) is 128 cm³/mol. The number of benzene rings is 1. The summed E-state index contributed by atoms with van der Waals surface area (Å²) in [7, 11) is 4.90. The summed E-state index contributed by atoms with van der Waals surface area (Å²) < 4.78 is 12.2. The quantitative estimate of drug-likeness (QED) is 0.330. The fourth-order valence-corrected chi connectivity index (χ4v) is 4.11. The van der Waals surface area contributed by atoms with Crippen molar-refractivity contribution in [2.75, 3.05) is 25.3 Å². The average molecular weight is 489 g/mol. The Balaban J connectivity index is 1.49. The normalized spacial score (nSPS) is 10.9. The van der Waals surface area contributed by atoms with Crippen molar-refractivity contribution in [2.24, 2.45) is 7.05 Å². The fourth-order valence-electron chi connectivity index (χ4n) is 2.68. The van der Waals surface area contributed by atoms with Gasteiger partial charge in [0.1, 0.15) is 0 Å². The second kappa shape index (κ2) is 11.5. The molecule has 1 aromatic carbocycles. The molecule has 0 aliphatic carbocycles. The van der Waals surface area contributed by atoms with Crippen LogP contribution in [0.2, 0.25) is 0 Å². The van der Waals surface area contributed by atoms with E-state index in [0.29, 0.717) is 27.6 Å². The number of ether oxygens (including phenoxy) is 2. The van der Waals surface area contributed by atoms with Gasteiger partial charge in [-0.1, -0.05) is 17.8 Å². The highest BCUT2D eigenvalue weighted by Crippen LogP contribution is 2.28. The number of thioether (sulfide) groups is 1. The van der Waals surface area contributed by atoms with E-state index in [2.05, 4.69) is 25.8 Å². The molecule has 0 atom stereocenters. The molecule has 0 radical (unpaired) electrons. The second-order valence-electron chi connectivity index (χ2n) is 6.75. The van der Waals surface area contributed by atoms with E-state index in [4.69, 9.17) is 9.47 Å². The average Bonchev–Trinajstić information content (AvgIpc) is 3.38. The minimum atomic E-state index is -0.278. The zero-order valence-electron chi connectivity index (χ0n) is 18.6. The van der Waals surface area contributed by atoms with Crippen molar-refractivity contribution in [2.45, 2.75) is 18.6 Å². The number of amides is 2. The molecule has 12 heteroatoms. The van der Waals surface area contributed by atoms with Crippen LogP contribution in [0.3, 0.4) is 0 Å². The van der Waals surface area contributed by atoms with Crippen molar-refractivity contribution in [3.8, 4) is 11.5 Å². The Bertz CT molecular complexity index is 1160. The van der Waals surface area contributed by atoms with E-state index < -0.39 is 0 Å². The van der Waals surface area contributed by atoms with Gasteiger partial charge in [-0.25, -0.2) is 4.98 Å². The Labute approximate surface area is 199 Å². The molecule has 174 valence electrons. The topological polar surface area (TPSA) is 120 Å². The number of aryl methyl sites for hydroxylation is 1. The predicted octanol–water partition coefficient (Wildman–Crippen LogP) is 2.66. The van der Waals surface area contributed by atoms with Crippen molar-refractivity contribution in [1.29, 1.82) is 0 Å². The lowest BCUT2D eigenvalue weighted by Crippen LogP contribution is -2.22. The van der Waals surface area contributed by atoms with Crippen LogP contribution in [0.15, 0.2) is 34.8 Å². The van der Waals surface area contributed by atoms with Crippen LogP contribution >= 0.6 is 23.1 Å². The summed E-state index contributed by atoms with van der Waals surface area (Å²) in [6.45, 7) is 2.07. The van der Waals surface area contributed by atoms with Crippen LogP contribution < -0.4 is 20.1 Å². The summed E-state index contributed by atoms with van der Waals surface area (Å²) in [5, 5.41) is 16.7. The van der Waals surface area contributed by atoms with E-state index in [9.17, 15) is 9.59 Å². The Kier molecular flexibility index (Phi) is 8.44. The summed E-state index contributed by atoms with van der Waals surface area (Å²) in [6, 6.07) is 5.37. The molecule has 0 bridgehead atoms. The molecule has 10 nitrogen and oxygen atoms in total. The molecule has 0 saturated heterocycles. The maximum Gasteiger partial charge on any atom is 0.244 e. The number of nitrogens with zero attached hydrogens (tertiary/aromatic N) is 4. The van der Waals surface area contributed by atoms with Gasteiger partial charge in [-0.05, 0) is 30.7 Å². The molecule has 0 aliphatic rings. The third kappa shape index (κ3) is 6.80. The first-order valence-corrected chi connectivity index (χ1v) is 11.7. The van der Waals surface area contributed by atoms with Gasteiger partial charge in [0.2, 0.25) is 11.8 Å². The van der Waals surface area contributed by atoms with Gasteiger partial charge in [-0.3, -0.25) is 9.59 Å². The molecule has 0 spiro atoms. The van der Waals surface area contributed by atoms with Gasteiger partial charge in [0.15, 0.2) is 27.6 Å². The van der Waals surface area contributed by atoms with Gasteiger partial charge in [-0.2, -0.15) is 0 Å². The van der Waals surface area contributed by atoms with Gasteiger partial charge in [0.25, 0.3) is 0 Å². The first-order chi connectivity index (χ1) is 15.9. The zero-order chi connectivity index (χ0) is 23.8. The van der Waals surface area contributed by atoms with Crippen molar-refractivity contribution in [1.82, 2.24) is 25.1 Å². The molecule has 3 rings (SSSR count). The van der Waals surface area contributed by atoms with E-state index >= 15 is 0 Å². The van der Waals surface area contributed by atoms with E-state index in [-0.39, 0.29) is 24.1 Å². The zero-order valence-corrected chi connectivity index (χ0v) is 20.2. The molecule has 0 fully saturated rings. The number of aromatic nitrogens is 4. The molecular formula is C21H24N6O4S2. The molecule has 0 unspecified atom stereocenters. The largest absolute Gasteiger partial charge is 0.493 e. The summed E-state index contributed by atoms with van der Waals surface area (Å²) in [4.78, 5) is 28.5. The highest BCUT2D eigenvalue weighted by molar-refractivity contribution is 7.99. The first kappa shape index (κ1) is 24.3. The van der Waals surface area contributed by atoms with E-state index in [1.807, 2.05) is 18.4 Å². The molecule has 2 amide bonds. The fraction of sp³-hybridized carbons (Fsp3) is 0.286. The number of hydrogen-bond acceptors (Lipinski definition) is 9. The van der Waals surface area contributed by atoms with Gasteiger partial charge in [0, 0.05) is 18.5 Å². The SMILES string of the molecule is COc1ccc(/C=C/C(=O)NCc2nnc(SCC(=O)Nc3nc(C)cs3)n2C)cc1OC. The summed E-state index contributed by atoms with van der Waals surface area (Å²) in [5.41, 5.74) is 1.66. The highest BCUT2D eigenvalue weighted by Gasteiger charge is 2.13. The molecular weight excluding hydrogens is 464 g/mol. The third-order valence-electron chi connectivity index (χ3n) is 4.38. The number of carbonyl (C=O) groups is 2. The lowest BCUT2D eigenvalue weighted by molar-refractivity contribution is -0.116. The van der Waals surface area contributed by atoms with Crippen molar-refractivity contribution in [3.63, 3.8) is 0 Å². The molecule has 2 N–H and O–H groups in total. The van der Waals surface area contributed by atoms with Crippen LogP contribution in [0.4, 0.5) is 5.13 Å². The van der Waals surface area contributed by atoms with Gasteiger partial charge in [-0.15, -0.1) is 21.5 Å². The minimum Gasteiger partial charge on any atom is -0.493 e. The van der Waals surface area contributed by atoms with Crippen molar-refractivity contribution in [3.05, 3.63) is 46.7 Å². The number of anilines is 1. The molecule has 0 aliphatic heterocycles. The van der Waals surface area contributed by atoms with Gasteiger partial charge >= 0.3 is 0 Å². The number of thiazole rings is 1. The van der Waals surface area contributed by atoms with Crippen molar-refractivity contribution < 1.29 is 19.1 Å². The van der Waals surface area contributed by atoms with Crippen LogP contribution in [0.5, 0.6) is 11.5 Å².